The zero-order chi connectivity index (χ0) is 24.2. The molecule has 4 aromatic rings. The van der Waals surface area contributed by atoms with Gasteiger partial charge in [0.2, 0.25) is 0 Å². The van der Waals surface area contributed by atoms with Gasteiger partial charge in [-0.15, -0.1) is 0 Å². The Hall–Kier alpha value is -3.87. The van der Waals surface area contributed by atoms with E-state index in [9.17, 15) is 0 Å². The number of anilines is 1. The second-order valence-corrected chi connectivity index (χ2v) is 9.24. The van der Waals surface area contributed by atoms with Crippen LogP contribution in [0.4, 0.5) is 5.82 Å². The molecule has 1 aromatic carbocycles. The van der Waals surface area contributed by atoms with Gasteiger partial charge in [-0.1, -0.05) is 31.2 Å². The highest BCUT2D eigenvalue weighted by Crippen LogP contribution is 2.25. The Morgan fingerprint density at radius 3 is 2.94 bits per heavy atom. The van der Waals surface area contributed by atoms with E-state index in [2.05, 4.69) is 84.7 Å². The molecule has 0 spiro atoms. The number of fused-ring (bicyclic) bond motifs is 2. The van der Waals surface area contributed by atoms with Gasteiger partial charge in [0.15, 0.2) is 11.5 Å². The molecule has 1 aliphatic carbocycles. The molecular weight excluding hydrogens is 434 g/mol. The molecule has 180 valence electrons. The normalized spacial score (nSPS) is 13.5. The Kier molecular flexibility index (Phi) is 6.66. The Morgan fingerprint density at radius 1 is 1.17 bits per heavy atom. The van der Waals surface area contributed by atoms with E-state index in [1.54, 1.807) is 0 Å². The zero-order valence-electron chi connectivity index (χ0n) is 20.4. The highest BCUT2D eigenvalue weighted by Gasteiger charge is 2.10. The number of benzene rings is 1. The van der Waals surface area contributed by atoms with Crippen molar-refractivity contribution in [1.29, 1.82) is 0 Å². The number of aryl methyl sites for hydroxylation is 2. The number of nitrogens with one attached hydrogen (secondary N) is 1. The maximum Gasteiger partial charge on any atom is 0.165 e. The molecule has 3 aromatic heterocycles. The molecule has 7 nitrogen and oxygen atoms in total. The summed E-state index contributed by atoms with van der Waals surface area (Å²) in [6.07, 6.45) is 17.0. The molecule has 0 fully saturated rings. The van der Waals surface area contributed by atoms with E-state index in [1.807, 2.05) is 13.3 Å². The predicted octanol–water partition coefficient (Wildman–Crippen LogP) is 5.73. The first-order chi connectivity index (χ1) is 17.1. The summed E-state index contributed by atoms with van der Waals surface area (Å²) < 4.78 is 4.38. The highest BCUT2D eigenvalue weighted by atomic mass is 15.1. The largest absolute Gasteiger partial charge is 0.385 e. The minimum Gasteiger partial charge on any atom is -0.385 e. The minimum absolute atomic E-state index is 0.449. The van der Waals surface area contributed by atoms with Gasteiger partial charge in [-0.25, -0.2) is 15.0 Å². The van der Waals surface area contributed by atoms with E-state index in [-0.39, 0.29) is 0 Å². The molecule has 0 amide bonds. The van der Waals surface area contributed by atoms with E-state index in [0.29, 0.717) is 17.2 Å². The number of unbranched alkanes of at least 4 members (excludes halogenated alkanes) is 2. The standard InChI is InChI=1S/C28H33N7/c1-20(9-5-4-8-15-34-19-31-26-27(29)32-21(2)33-28(26)34)30-18-22-12-13-25-23(17-22)14-16-35(25)24-10-6-3-7-11-24/h3,6,10,12-14,16-17,19,30H,1,4-5,7-9,11,15,18H2,2H3,(H2,29,32,33). The average molecular weight is 468 g/mol. The molecule has 7 heteroatoms. The summed E-state index contributed by atoms with van der Waals surface area (Å²) >= 11 is 0. The summed E-state index contributed by atoms with van der Waals surface area (Å²) in [6.45, 7) is 7.76. The lowest BCUT2D eigenvalue weighted by molar-refractivity contribution is 0.583. The van der Waals surface area contributed by atoms with Crippen LogP contribution < -0.4 is 11.1 Å². The summed E-state index contributed by atoms with van der Waals surface area (Å²) in [5, 5.41) is 4.78. The van der Waals surface area contributed by atoms with Gasteiger partial charge in [-0.2, -0.15) is 0 Å². The average Bonchev–Trinajstić information content (AvgIpc) is 3.47. The summed E-state index contributed by atoms with van der Waals surface area (Å²) in [7, 11) is 0. The van der Waals surface area contributed by atoms with E-state index in [0.717, 1.165) is 63.0 Å². The molecule has 0 saturated carbocycles. The van der Waals surface area contributed by atoms with Gasteiger partial charge in [0, 0.05) is 36.1 Å². The van der Waals surface area contributed by atoms with Crippen LogP contribution in [0.3, 0.4) is 0 Å². The lowest BCUT2D eigenvalue weighted by Crippen LogP contribution is -2.12. The van der Waals surface area contributed by atoms with Crippen molar-refractivity contribution in [3.05, 3.63) is 78.7 Å². The molecule has 3 heterocycles. The summed E-state index contributed by atoms with van der Waals surface area (Å²) in [6, 6.07) is 8.93. The van der Waals surface area contributed by atoms with Crippen LogP contribution in [0.2, 0.25) is 0 Å². The van der Waals surface area contributed by atoms with Gasteiger partial charge in [0.25, 0.3) is 0 Å². The van der Waals surface area contributed by atoms with Crippen LogP contribution in [0.25, 0.3) is 27.8 Å². The van der Waals surface area contributed by atoms with Crippen LogP contribution in [0.15, 0.2) is 67.3 Å². The Morgan fingerprint density at radius 2 is 2.09 bits per heavy atom. The van der Waals surface area contributed by atoms with Crippen LogP contribution in [-0.4, -0.2) is 24.1 Å². The van der Waals surface area contributed by atoms with Crippen LogP contribution in [0, 0.1) is 6.92 Å². The Balaban J connectivity index is 1.07. The van der Waals surface area contributed by atoms with Crippen molar-refractivity contribution >= 4 is 33.6 Å². The molecule has 0 atom stereocenters. The van der Waals surface area contributed by atoms with E-state index >= 15 is 0 Å². The fourth-order valence-corrected chi connectivity index (χ4v) is 4.70. The summed E-state index contributed by atoms with van der Waals surface area (Å²) in [5.41, 5.74) is 12.5. The molecule has 0 aliphatic heterocycles. The topological polar surface area (TPSA) is 86.6 Å². The van der Waals surface area contributed by atoms with E-state index in [4.69, 9.17) is 5.73 Å². The molecule has 0 radical (unpaired) electrons. The van der Waals surface area contributed by atoms with Gasteiger partial charge in [-0.05, 0) is 68.9 Å². The van der Waals surface area contributed by atoms with E-state index in [1.165, 1.54) is 22.2 Å². The number of allylic oxidation sites excluding steroid dienone is 5. The van der Waals surface area contributed by atoms with E-state index < -0.39 is 0 Å². The number of rotatable bonds is 10. The van der Waals surface area contributed by atoms with Crippen molar-refractivity contribution in [2.75, 3.05) is 5.73 Å². The SMILES string of the molecule is C=C(CCCCCn1cnc2c(N)nc(C)nc21)NCc1ccc2c(ccn2C2=CC=CCC2)c1. The van der Waals surface area contributed by atoms with Crippen molar-refractivity contribution in [2.24, 2.45) is 0 Å². The lowest BCUT2D eigenvalue weighted by Gasteiger charge is -2.13. The minimum atomic E-state index is 0.449. The summed E-state index contributed by atoms with van der Waals surface area (Å²) in [5.74, 6) is 1.12. The first-order valence-electron chi connectivity index (χ1n) is 12.4. The molecule has 0 unspecified atom stereocenters. The number of aromatic nitrogens is 5. The third kappa shape index (κ3) is 5.14. The smallest absolute Gasteiger partial charge is 0.165 e. The van der Waals surface area contributed by atoms with Crippen LogP contribution in [0.1, 0.15) is 49.9 Å². The lowest BCUT2D eigenvalue weighted by atomic mass is 10.1. The molecule has 35 heavy (non-hydrogen) atoms. The van der Waals surface area contributed by atoms with Crippen molar-refractivity contribution in [1.82, 2.24) is 29.4 Å². The number of nitrogens with two attached hydrogens (primary N) is 1. The van der Waals surface area contributed by atoms with Gasteiger partial charge < -0.3 is 20.2 Å². The highest BCUT2D eigenvalue weighted by molar-refractivity contribution is 5.84. The third-order valence-electron chi connectivity index (χ3n) is 6.58. The molecule has 5 rings (SSSR count). The first-order valence-corrected chi connectivity index (χ1v) is 12.4. The van der Waals surface area contributed by atoms with Crippen LogP contribution in [0.5, 0.6) is 0 Å². The maximum atomic E-state index is 5.96. The third-order valence-corrected chi connectivity index (χ3v) is 6.58. The maximum absolute atomic E-state index is 5.96. The first kappa shape index (κ1) is 22.9. The van der Waals surface area contributed by atoms with Gasteiger partial charge in [0.1, 0.15) is 11.3 Å². The van der Waals surface area contributed by atoms with Gasteiger partial charge >= 0.3 is 0 Å². The quantitative estimate of drug-likeness (QED) is 0.291. The molecule has 3 N–H and O–H groups in total. The van der Waals surface area contributed by atoms with Crippen molar-refractivity contribution in [3.63, 3.8) is 0 Å². The van der Waals surface area contributed by atoms with Gasteiger partial charge in [0.05, 0.1) is 11.8 Å². The fourth-order valence-electron chi connectivity index (χ4n) is 4.70. The number of hydrogen-bond acceptors (Lipinski definition) is 5. The fraction of sp³-hybridized carbons (Fsp3) is 0.321. The van der Waals surface area contributed by atoms with Crippen molar-refractivity contribution in [2.45, 2.75) is 58.5 Å². The van der Waals surface area contributed by atoms with Gasteiger partial charge in [-0.3, -0.25) is 0 Å². The predicted molar refractivity (Wildman–Crippen MR) is 144 cm³/mol. The summed E-state index contributed by atoms with van der Waals surface area (Å²) in [4.78, 5) is 13.1. The molecular formula is C28H33N7. The molecule has 0 saturated heterocycles. The number of hydrogen-bond donors (Lipinski definition) is 2. The van der Waals surface area contributed by atoms with Crippen molar-refractivity contribution < 1.29 is 0 Å². The van der Waals surface area contributed by atoms with Crippen molar-refractivity contribution in [3.8, 4) is 0 Å². The number of nitrogens with zero attached hydrogens (tertiary/aromatic N) is 5. The van der Waals surface area contributed by atoms with Crippen LogP contribution >= 0.6 is 0 Å². The monoisotopic (exact) mass is 467 g/mol. The second kappa shape index (κ2) is 10.2. The zero-order valence-corrected chi connectivity index (χ0v) is 20.4. The Bertz CT molecular complexity index is 1420. The molecule has 0 bridgehead atoms. The Labute approximate surface area is 206 Å². The number of nitrogen functional groups attached to an aromatic ring is 1. The second-order valence-electron chi connectivity index (χ2n) is 9.24. The number of imidazole rings is 1. The van der Waals surface area contributed by atoms with Crippen LogP contribution in [-0.2, 0) is 13.1 Å². The molecule has 1 aliphatic rings.